The van der Waals surface area contributed by atoms with E-state index >= 15 is 0 Å². The molecule has 0 bridgehead atoms. The second-order valence-electron chi connectivity index (χ2n) is 6.34. The van der Waals surface area contributed by atoms with Gasteiger partial charge < -0.3 is 10.3 Å². The Morgan fingerprint density at radius 1 is 1.21 bits per heavy atom. The first kappa shape index (κ1) is 15.3. The van der Waals surface area contributed by atoms with Crippen LogP contribution in [-0.2, 0) is 0 Å². The van der Waals surface area contributed by atoms with Crippen molar-refractivity contribution in [3.05, 3.63) is 64.8 Å². The lowest BCUT2D eigenvalue weighted by Crippen LogP contribution is -2.30. The Bertz CT molecular complexity index is 929. The van der Waals surface area contributed by atoms with E-state index in [1.165, 1.54) is 16.0 Å². The predicted molar refractivity (Wildman–Crippen MR) is 99.8 cm³/mol. The van der Waals surface area contributed by atoms with Crippen LogP contribution >= 0.6 is 11.8 Å². The Morgan fingerprint density at radius 2 is 2.04 bits per heavy atom. The number of carbonyl (C=O) groups excluding carboxylic acids is 1. The molecule has 4 heteroatoms. The zero-order chi connectivity index (χ0) is 16.7. The molecule has 3 nitrogen and oxygen atoms in total. The van der Waals surface area contributed by atoms with Crippen molar-refractivity contribution >= 4 is 28.6 Å². The monoisotopic (exact) mass is 336 g/mol. The number of amides is 1. The predicted octanol–water partition coefficient (Wildman–Crippen LogP) is 4.75. The van der Waals surface area contributed by atoms with E-state index in [9.17, 15) is 4.79 Å². The molecule has 0 spiro atoms. The molecular formula is C20H20N2OS. The summed E-state index contributed by atoms with van der Waals surface area (Å²) in [6, 6.07) is 14.3. The van der Waals surface area contributed by atoms with Crippen LogP contribution in [0.1, 0.15) is 39.6 Å². The van der Waals surface area contributed by atoms with Crippen LogP contribution in [0, 0.1) is 13.8 Å². The van der Waals surface area contributed by atoms with Crippen LogP contribution in [0.3, 0.4) is 0 Å². The van der Waals surface area contributed by atoms with Gasteiger partial charge in [-0.1, -0.05) is 18.2 Å². The Labute approximate surface area is 145 Å². The second kappa shape index (κ2) is 6.02. The van der Waals surface area contributed by atoms with Crippen molar-refractivity contribution in [3.8, 4) is 0 Å². The van der Waals surface area contributed by atoms with E-state index in [1.54, 1.807) is 0 Å². The molecule has 0 unspecified atom stereocenters. The van der Waals surface area contributed by atoms with E-state index in [4.69, 9.17) is 0 Å². The van der Waals surface area contributed by atoms with Gasteiger partial charge in [0.05, 0.1) is 6.04 Å². The van der Waals surface area contributed by atoms with Crippen LogP contribution in [0.5, 0.6) is 0 Å². The molecule has 1 aliphatic heterocycles. The van der Waals surface area contributed by atoms with E-state index in [0.29, 0.717) is 0 Å². The maximum atomic E-state index is 12.8. The Kier molecular flexibility index (Phi) is 3.85. The average Bonchev–Trinajstić information content (AvgIpc) is 2.89. The number of carbonyl (C=O) groups is 1. The molecule has 24 heavy (non-hydrogen) atoms. The molecule has 0 saturated heterocycles. The largest absolute Gasteiger partial charge is 0.358 e. The number of aryl methyl sites for hydroxylation is 2. The van der Waals surface area contributed by atoms with Crippen LogP contribution < -0.4 is 5.32 Å². The number of hydrogen-bond donors (Lipinski definition) is 2. The first-order valence-electron chi connectivity index (χ1n) is 8.25. The zero-order valence-corrected chi connectivity index (χ0v) is 14.7. The van der Waals surface area contributed by atoms with Crippen molar-refractivity contribution in [3.63, 3.8) is 0 Å². The van der Waals surface area contributed by atoms with E-state index in [0.717, 1.165) is 34.3 Å². The highest BCUT2D eigenvalue weighted by Gasteiger charge is 2.22. The number of rotatable bonds is 2. The highest BCUT2D eigenvalue weighted by Crippen LogP contribution is 2.36. The summed E-state index contributed by atoms with van der Waals surface area (Å²) in [5.74, 6) is 1.04. The molecule has 4 rings (SSSR count). The normalized spacial score (nSPS) is 16.8. The topological polar surface area (TPSA) is 44.9 Å². The quantitative estimate of drug-likeness (QED) is 0.709. The SMILES string of the molecule is Cc1[nH]c2ccc(C(=O)N[C@@H]3CCSc4ccccc43)cc2c1C. The van der Waals surface area contributed by atoms with Crippen LogP contribution in [0.4, 0.5) is 0 Å². The minimum Gasteiger partial charge on any atom is -0.358 e. The molecule has 2 heterocycles. The molecule has 0 radical (unpaired) electrons. The van der Waals surface area contributed by atoms with Gasteiger partial charge in [-0.05, 0) is 55.7 Å². The van der Waals surface area contributed by atoms with Crippen molar-refractivity contribution in [1.82, 2.24) is 10.3 Å². The fourth-order valence-electron chi connectivity index (χ4n) is 3.34. The van der Waals surface area contributed by atoms with Crippen LogP contribution in [0.25, 0.3) is 10.9 Å². The summed E-state index contributed by atoms with van der Waals surface area (Å²) in [6.07, 6.45) is 0.970. The van der Waals surface area contributed by atoms with Gasteiger partial charge >= 0.3 is 0 Å². The summed E-state index contributed by atoms with van der Waals surface area (Å²) in [5.41, 5.74) is 5.40. The molecule has 0 fully saturated rings. The van der Waals surface area contributed by atoms with Gasteiger partial charge in [-0.15, -0.1) is 11.8 Å². The van der Waals surface area contributed by atoms with Crippen molar-refractivity contribution in [2.75, 3.05) is 5.75 Å². The van der Waals surface area contributed by atoms with Gasteiger partial charge in [0.15, 0.2) is 0 Å². The van der Waals surface area contributed by atoms with E-state index in [-0.39, 0.29) is 11.9 Å². The number of hydrogen-bond acceptors (Lipinski definition) is 2. The second-order valence-corrected chi connectivity index (χ2v) is 7.47. The summed E-state index contributed by atoms with van der Waals surface area (Å²) in [6.45, 7) is 4.15. The highest BCUT2D eigenvalue weighted by atomic mass is 32.2. The summed E-state index contributed by atoms with van der Waals surface area (Å²) in [5, 5.41) is 4.34. The lowest BCUT2D eigenvalue weighted by Gasteiger charge is -2.25. The third-order valence-electron chi connectivity index (χ3n) is 4.83. The van der Waals surface area contributed by atoms with E-state index in [2.05, 4.69) is 42.3 Å². The van der Waals surface area contributed by atoms with Crippen molar-refractivity contribution < 1.29 is 4.79 Å². The van der Waals surface area contributed by atoms with Gasteiger partial charge in [0.2, 0.25) is 0 Å². The molecule has 1 atom stereocenters. The third kappa shape index (κ3) is 2.61. The average molecular weight is 336 g/mol. The minimum absolute atomic E-state index is 0.00172. The first-order valence-corrected chi connectivity index (χ1v) is 9.23. The number of aromatic nitrogens is 1. The van der Waals surface area contributed by atoms with E-state index < -0.39 is 0 Å². The molecule has 0 saturated carbocycles. The number of nitrogens with one attached hydrogen (secondary N) is 2. The fraction of sp³-hybridized carbons (Fsp3) is 0.250. The molecule has 1 amide bonds. The summed E-state index contributed by atoms with van der Waals surface area (Å²) >= 11 is 1.87. The minimum atomic E-state index is 0.00172. The fourth-order valence-corrected chi connectivity index (χ4v) is 4.46. The third-order valence-corrected chi connectivity index (χ3v) is 5.96. The van der Waals surface area contributed by atoms with Crippen LogP contribution in [0.2, 0.25) is 0 Å². The van der Waals surface area contributed by atoms with E-state index in [1.807, 2.05) is 36.0 Å². The van der Waals surface area contributed by atoms with Crippen molar-refractivity contribution in [2.24, 2.45) is 0 Å². The maximum Gasteiger partial charge on any atom is 0.251 e. The molecule has 0 aliphatic carbocycles. The molecule has 2 N–H and O–H groups in total. The Hall–Kier alpha value is -2.20. The van der Waals surface area contributed by atoms with Gasteiger partial charge in [0, 0.05) is 32.8 Å². The summed E-state index contributed by atoms with van der Waals surface area (Å²) in [4.78, 5) is 17.4. The number of H-pyrrole nitrogens is 1. The zero-order valence-electron chi connectivity index (χ0n) is 13.8. The number of aromatic amines is 1. The molecule has 1 aromatic heterocycles. The lowest BCUT2D eigenvalue weighted by molar-refractivity contribution is 0.0935. The molecular weight excluding hydrogens is 316 g/mol. The standard InChI is InChI=1S/C20H20N2OS/c1-12-13(2)21-17-8-7-14(11-16(12)17)20(23)22-18-9-10-24-19-6-4-3-5-15(18)19/h3-8,11,18,21H,9-10H2,1-2H3,(H,22,23)/t18-/m1/s1. The van der Waals surface area contributed by atoms with Crippen LogP contribution in [0.15, 0.2) is 47.4 Å². The highest BCUT2D eigenvalue weighted by molar-refractivity contribution is 7.99. The smallest absolute Gasteiger partial charge is 0.251 e. The summed E-state index contributed by atoms with van der Waals surface area (Å²) < 4.78 is 0. The number of thioether (sulfide) groups is 1. The number of benzene rings is 2. The van der Waals surface area contributed by atoms with Crippen LogP contribution in [-0.4, -0.2) is 16.6 Å². The van der Waals surface area contributed by atoms with Gasteiger partial charge in [0.25, 0.3) is 5.91 Å². The molecule has 2 aromatic carbocycles. The van der Waals surface area contributed by atoms with Gasteiger partial charge in [-0.25, -0.2) is 0 Å². The molecule has 122 valence electrons. The number of fused-ring (bicyclic) bond motifs is 2. The lowest BCUT2D eigenvalue weighted by atomic mass is 10.0. The Morgan fingerprint density at radius 3 is 2.92 bits per heavy atom. The maximum absolute atomic E-state index is 12.8. The van der Waals surface area contributed by atoms with Gasteiger partial charge in [-0.2, -0.15) is 0 Å². The van der Waals surface area contributed by atoms with Gasteiger partial charge in [0.1, 0.15) is 0 Å². The van der Waals surface area contributed by atoms with Crippen molar-refractivity contribution in [1.29, 1.82) is 0 Å². The van der Waals surface area contributed by atoms with Crippen molar-refractivity contribution in [2.45, 2.75) is 31.2 Å². The summed E-state index contributed by atoms with van der Waals surface area (Å²) in [7, 11) is 0. The Balaban J connectivity index is 1.62. The molecule has 1 aliphatic rings. The molecule has 3 aromatic rings. The first-order chi connectivity index (χ1) is 11.6. The van der Waals surface area contributed by atoms with Gasteiger partial charge in [-0.3, -0.25) is 4.79 Å².